The van der Waals surface area contributed by atoms with Crippen molar-refractivity contribution in [2.45, 2.75) is 18.2 Å². The van der Waals surface area contributed by atoms with Gasteiger partial charge in [-0.1, -0.05) is 42.1 Å². The van der Waals surface area contributed by atoms with Crippen molar-refractivity contribution in [1.29, 1.82) is 0 Å². The van der Waals surface area contributed by atoms with Gasteiger partial charge in [0.15, 0.2) is 5.17 Å². The Balaban J connectivity index is 2.17. The number of amidine groups is 1. The number of rotatable bonds is 3. The van der Waals surface area contributed by atoms with Crippen molar-refractivity contribution in [3.05, 3.63) is 35.9 Å². The van der Waals surface area contributed by atoms with E-state index in [0.29, 0.717) is 17.8 Å². The molecule has 2 rings (SSSR count). The van der Waals surface area contributed by atoms with E-state index in [4.69, 9.17) is 5.11 Å². The van der Waals surface area contributed by atoms with E-state index < -0.39 is 0 Å². The topological polar surface area (TPSA) is 35.8 Å². The lowest BCUT2D eigenvalue weighted by atomic mass is 10.1. The van der Waals surface area contributed by atoms with Crippen molar-refractivity contribution in [2.24, 2.45) is 4.99 Å². The molecule has 0 spiro atoms. The number of aliphatic hydroxyl groups excluding tert-OH is 1. The summed E-state index contributed by atoms with van der Waals surface area (Å²) in [5.41, 5.74) is 1.34. The lowest BCUT2D eigenvalue weighted by molar-refractivity contribution is 0.306. The molecule has 1 saturated heterocycles. The van der Waals surface area contributed by atoms with Crippen LogP contribution in [0.4, 0.5) is 0 Å². The molecule has 1 aliphatic heterocycles. The maximum absolute atomic E-state index is 8.83. The zero-order valence-corrected chi connectivity index (χ0v) is 11.0. The van der Waals surface area contributed by atoms with Gasteiger partial charge in [0.1, 0.15) is 0 Å². The number of aliphatic hydroxyl groups is 1. The second-order valence-electron chi connectivity index (χ2n) is 4.19. The summed E-state index contributed by atoms with van der Waals surface area (Å²) in [5.74, 6) is 0. The Kier molecular flexibility index (Phi) is 4.07. The quantitative estimate of drug-likeness (QED) is 0.893. The van der Waals surface area contributed by atoms with Crippen LogP contribution < -0.4 is 0 Å². The molecule has 1 aliphatic rings. The molecule has 17 heavy (non-hydrogen) atoms. The van der Waals surface area contributed by atoms with Gasteiger partial charge in [-0.05, 0) is 12.5 Å². The molecule has 0 unspecified atom stereocenters. The molecule has 1 aromatic rings. The van der Waals surface area contributed by atoms with Crippen LogP contribution in [0.2, 0.25) is 0 Å². The Hall–Kier alpha value is -1.00. The van der Waals surface area contributed by atoms with Gasteiger partial charge in [0.2, 0.25) is 0 Å². The van der Waals surface area contributed by atoms with E-state index in [9.17, 15) is 0 Å². The van der Waals surface area contributed by atoms with Crippen LogP contribution in [0.5, 0.6) is 0 Å². The number of likely N-dealkylation sites (N-methyl/N-ethyl adjacent to an activating group) is 1. The normalized spacial score (nSPS) is 26.8. The highest BCUT2D eigenvalue weighted by atomic mass is 32.2. The van der Waals surface area contributed by atoms with E-state index >= 15 is 0 Å². The first-order valence-electron chi connectivity index (χ1n) is 5.83. The van der Waals surface area contributed by atoms with Crippen LogP contribution in [-0.4, -0.2) is 41.4 Å². The number of thioether (sulfide) groups is 1. The van der Waals surface area contributed by atoms with Gasteiger partial charge in [-0.15, -0.1) is 0 Å². The fraction of sp³-hybridized carbons (Fsp3) is 0.462. The Labute approximate surface area is 107 Å². The van der Waals surface area contributed by atoms with Crippen molar-refractivity contribution >= 4 is 16.9 Å². The first-order chi connectivity index (χ1) is 8.24. The molecule has 1 aromatic carbocycles. The second kappa shape index (κ2) is 5.56. The molecule has 3 nitrogen and oxygen atoms in total. The van der Waals surface area contributed by atoms with Gasteiger partial charge in [-0.25, -0.2) is 0 Å². The lowest BCUT2D eigenvalue weighted by Crippen LogP contribution is -2.28. The molecule has 1 heterocycles. The minimum atomic E-state index is 0.113. The van der Waals surface area contributed by atoms with Crippen LogP contribution in [0.1, 0.15) is 17.7 Å². The minimum absolute atomic E-state index is 0.113. The Morgan fingerprint density at radius 2 is 2.06 bits per heavy atom. The lowest BCUT2D eigenvalue weighted by Gasteiger charge is -2.20. The van der Waals surface area contributed by atoms with Gasteiger partial charge in [0.05, 0.1) is 18.4 Å². The van der Waals surface area contributed by atoms with E-state index in [0.717, 1.165) is 5.17 Å². The molecule has 0 radical (unpaired) electrons. The summed E-state index contributed by atoms with van der Waals surface area (Å²) in [5, 5.41) is 10.3. The average molecular weight is 250 g/mol. The van der Waals surface area contributed by atoms with Crippen LogP contribution >= 0.6 is 11.8 Å². The Bertz CT molecular complexity index is 394. The average Bonchev–Trinajstić information content (AvgIpc) is 2.65. The first-order valence-corrected chi connectivity index (χ1v) is 6.71. The van der Waals surface area contributed by atoms with E-state index in [1.807, 2.05) is 6.07 Å². The van der Waals surface area contributed by atoms with Crippen molar-refractivity contribution in [2.75, 3.05) is 20.2 Å². The van der Waals surface area contributed by atoms with Gasteiger partial charge in [-0.3, -0.25) is 4.99 Å². The molecular weight excluding hydrogens is 232 g/mol. The third-order valence-corrected chi connectivity index (χ3v) is 4.61. The van der Waals surface area contributed by atoms with Crippen molar-refractivity contribution < 1.29 is 5.11 Å². The third kappa shape index (κ3) is 2.64. The predicted octanol–water partition coefficient (Wildman–Crippen LogP) is 2.14. The number of benzene rings is 1. The summed E-state index contributed by atoms with van der Waals surface area (Å²) in [6, 6.07) is 10.9. The fourth-order valence-corrected chi connectivity index (χ4v) is 3.35. The van der Waals surface area contributed by atoms with Gasteiger partial charge in [0, 0.05) is 13.1 Å². The van der Waals surface area contributed by atoms with Gasteiger partial charge < -0.3 is 10.0 Å². The van der Waals surface area contributed by atoms with Gasteiger partial charge in [-0.2, -0.15) is 0 Å². The predicted molar refractivity (Wildman–Crippen MR) is 73.4 cm³/mol. The SMILES string of the molecule is C[C@H]1[C@@H](c2ccccc2)SC(=NCCO)N1C. The standard InChI is InChI=1S/C13H18N2OS/c1-10-12(11-6-4-3-5-7-11)17-13(15(10)2)14-8-9-16/h3-7,10,12,16H,8-9H2,1-2H3/t10-,12-/m0/s1. The van der Waals surface area contributed by atoms with Crippen molar-refractivity contribution in [3.63, 3.8) is 0 Å². The molecule has 0 aliphatic carbocycles. The maximum atomic E-state index is 8.83. The minimum Gasteiger partial charge on any atom is -0.394 e. The molecule has 0 amide bonds. The third-order valence-electron chi connectivity index (χ3n) is 3.06. The van der Waals surface area contributed by atoms with Gasteiger partial charge >= 0.3 is 0 Å². The Morgan fingerprint density at radius 1 is 1.35 bits per heavy atom. The molecule has 2 atom stereocenters. The van der Waals surface area contributed by atoms with Crippen LogP contribution in [0.3, 0.4) is 0 Å². The molecule has 92 valence electrons. The number of nitrogens with zero attached hydrogens (tertiary/aromatic N) is 2. The number of hydrogen-bond acceptors (Lipinski definition) is 3. The van der Waals surface area contributed by atoms with Gasteiger partial charge in [0.25, 0.3) is 0 Å². The summed E-state index contributed by atoms with van der Waals surface area (Å²) in [6.45, 7) is 2.81. The van der Waals surface area contributed by atoms with Crippen LogP contribution in [0.15, 0.2) is 35.3 Å². The molecule has 0 bridgehead atoms. The first kappa shape index (κ1) is 12.5. The molecular formula is C13H18N2OS. The summed E-state index contributed by atoms with van der Waals surface area (Å²) in [7, 11) is 2.07. The fourth-order valence-electron chi connectivity index (χ4n) is 1.96. The smallest absolute Gasteiger partial charge is 0.159 e. The van der Waals surface area contributed by atoms with Crippen molar-refractivity contribution in [1.82, 2.24) is 4.90 Å². The molecule has 4 heteroatoms. The zero-order valence-electron chi connectivity index (χ0n) is 10.2. The second-order valence-corrected chi connectivity index (χ2v) is 5.30. The van der Waals surface area contributed by atoms with E-state index in [1.165, 1.54) is 5.56 Å². The van der Waals surface area contributed by atoms with E-state index in [2.05, 4.69) is 48.1 Å². The van der Waals surface area contributed by atoms with E-state index in [1.54, 1.807) is 11.8 Å². The highest BCUT2D eigenvalue weighted by Crippen LogP contribution is 2.42. The highest BCUT2D eigenvalue weighted by Gasteiger charge is 2.34. The number of aliphatic imine (C=N–C) groups is 1. The van der Waals surface area contributed by atoms with Crippen molar-refractivity contribution in [3.8, 4) is 0 Å². The summed E-state index contributed by atoms with van der Waals surface area (Å²) >= 11 is 1.78. The maximum Gasteiger partial charge on any atom is 0.159 e. The highest BCUT2D eigenvalue weighted by molar-refractivity contribution is 8.14. The zero-order chi connectivity index (χ0) is 12.3. The van der Waals surface area contributed by atoms with Crippen LogP contribution in [0.25, 0.3) is 0 Å². The molecule has 1 N–H and O–H groups in total. The molecule has 1 fully saturated rings. The summed E-state index contributed by atoms with van der Waals surface area (Å²) in [4.78, 5) is 6.60. The van der Waals surface area contributed by atoms with Crippen LogP contribution in [-0.2, 0) is 0 Å². The van der Waals surface area contributed by atoms with E-state index in [-0.39, 0.29) is 6.61 Å². The summed E-state index contributed by atoms with van der Waals surface area (Å²) in [6.07, 6.45) is 0. The molecule has 0 aromatic heterocycles. The monoisotopic (exact) mass is 250 g/mol. The largest absolute Gasteiger partial charge is 0.394 e. The Morgan fingerprint density at radius 3 is 2.71 bits per heavy atom. The molecule has 0 saturated carbocycles. The number of hydrogen-bond donors (Lipinski definition) is 1. The summed E-state index contributed by atoms with van der Waals surface area (Å²) < 4.78 is 0. The van der Waals surface area contributed by atoms with Crippen LogP contribution in [0, 0.1) is 0 Å².